The van der Waals surface area contributed by atoms with Crippen LogP contribution in [0, 0.1) is 5.82 Å². The summed E-state index contributed by atoms with van der Waals surface area (Å²) in [5, 5.41) is 1.78. The van der Waals surface area contributed by atoms with E-state index in [1.165, 1.54) is 17.4 Å². The molecule has 0 saturated carbocycles. The summed E-state index contributed by atoms with van der Waals surface area (Å²) in [7, 11) is 0. The second-order valence-electron chi connectivity index (χ2n) is 3.73. The fourth-order valence-corrected chi connectivity index (χ4v) is 2.34. The third-order valence-corrected chi connectivity index (χ3v) is 3.46. The first-order valence-electron chi connectivity index (χ1n) is 5.05. The van der Waals surface area contributed by atoms with Crippen molar-refractivity contribution in [2.24, 2.45) is 5.73 Å². The molecule has 0 unspecified atom stereocenters. The Hall–Kier alpha value is -1.40. The second kappa shape index (κ2) is 4.70. The van der Waals surface area contributed by atoms with Crippen molar-refractivity contribution in [3.63, 3.8) is 0 Å². The largest absolute Gasteiger partial charge is 0.419 e. The van der Waals surface area contributed by atoms with Gasteiger partial charge in [0.2, 0.25) is 0 Å². The molecule has 18 heavy (non-hydrogen) atoms. The van der Waals surface area contributed by atoms with Crippen LogP contribution >= 0.6 is 11.3 Å². The molecule has 2 aromatic rings. The van der Waals surface area contributed by atoms with E-state index in [1.54, 1.807) is 17.5 Å². The van der Waals surface area contributed by atoms with Gasteiger partial charge in [-0.15, -0.1) is 11.3 Å². The third-order valence-electron chi connectivity index (χ3n) is 2.50. The van der Waals surface area contributed by atoms with E-state index in [-0.39, 0.29) is 5.56 Å². The fourth-order valence-electron chi connectivity index (χ4n) is 1.59. The summed E-state index contributed by atoms with van der Waals surface area (Å²) < 4.78 is 50.8. The maximum Gasteiger partial charge on any atom is 0.419 e. The van der Waals surface area contributed by atoms with Crippen molar-refractivity contribution in [2.45, 2.75) is 12.2 Å². The maximum absolute atomic E-state index is 13.1. The summed E-state index contributed by atoms with van der Waals surface area (Å²) in [6, 6.07) is 5.65. The van der Waals surface area contributed by atoms with Gasteiger partial charge in [-0.1, -0.05) is 12.1 Å². The van der Waals surface area contributed by atoms with Gasteiger partial charge in [0.05, 0.1) is 11.6 Å². The number of hydrogen-bond donors (Lipinski definition) is 1. The van der Waals surface area contributed by atoms with Crippen LogP contribution in [0.25, 0.3) is 0 Å². The summed E-state index contributed by atoms with van der Waals surface area (Å²) in [4.78, 5) is 0.731. The van der Waals surface area contributed by atoms with Crippen LogP contribution in [-0.2, 0) is 6.18 Å². The van der Waals surface area contributed by atoms with Gasteiger partial charge in [0.25, 0.3) is 0 Å². The summed E-state index contributed by atoms with van der Waals surface area (Å²) >= 11 is 1.34. The molecule has 6 heteroatoms. The highest BCUT2D eigenvalue weighted by molar-refractivity contribution is 7.10. The summed E-state index contributed by atoms with van der Waals surface area (Å²) in [6.07, 6.45) is -4.71. The number of hydrogen-bond acceptors (Lipinski definition) is 2. The zero-order valence-electron chi connectivity index (χ0n) is 9.04. The lowest BCUT2D eigenvalue weighted by Crippen LogP contribution is -2.14. The molecule has 2 rings (SSSR count). The Labute approximate surface area is 105 Å². The number of alkyl halides is 3. The van der Waals surface area contributed by atoms with Crippen molar-refractivity contribution < 1.29 is 17.6 Å². The average Bonchev–Trinajstić information content (AvgIpc) is 2.80. The van der Waals surface area contributed by atoms with Crippen LogP contribution in [0.5, 0.6) is 0 Å². The van der Waals surface area contributed by atoms with E-state index >= 15 is 0 Å². The van der Waals surface area contributed by atoms with E-state index in [4.69, 9.17) is 5.73 Å². The van der Waals surface area contributed by atoms with Crippen LogP contribution in [0.3, 0.4) is 0 Å². The highest BCUT2D eigenvalue weighted by Gasteiger charge is 2.34. The Morgan fingerprint density at radius 1 is 1.17 bits per heavy atom. The molecule has 1 heterocycles. The first kappa shape index (κ1) is 13.0. The molecule has 0 aliphatic rings. The standard InChI is InChI=1S/C12H9F4NS/c13-9-4-3-7(6-8(9)12(14,15)16)11(17)10-2-1-5-18-10/h1-6,11H,17H2/t11-/m0/s1. The van der Waals surface area contributed by atoms with Crippen LogP contribution in [0.1, 0.15) is 22.0 Å². The molecule has 0 amide bonds. The smallest absolute Gasteiger partial charge is 0.320 e. The van der Waals surface area contributed by atoms with Crippen LogP contribution in [-0.4, -0.2) is 0 Å². The van der Waals surface area contributed by atoms with Crippen LogP contribution in [0.2, 0.25) is 0 Å². The monoisotopic (exact) mass is 275 g/mol. The highest BCUT2D eigenvalue weighted by atomic mass is 32.1. The van der Waals surface area contributed by atoms with Crippen LogP contribution in [0.15, 0.2) is 35.7 Å². The number of rotatable bonds is 2. The second-order valence-corrected chi connectivity index (χ2v) is 4.71. The molecule has 0 bridgehead atoms. The molecule has 1 nitrogen and oxygen atoms in total. The predicted octanol–water partition coefficient (Wildman–Crippen LogP) is 3.95. The molecular formula is C12H9F4NS. The Bertz CT molecular complexity index is 534. The first-order valence-corrected chi connectivity index (χ1v) is 5.93. The van der Waals surface area contributed by atoms with E-state index in [9.17, 15) is 17.6 Å². The first-order chi connectivity index (χ1) is 8.39. The van der Waals surface area contributed by atoms with Crippen molar-refractivity contribution in [3.05, 3.63) is 57.5 Å². The minimum absolute atomic E-state index is 0.242. The van der Waals surface area contributed by atoms with Gasteiger partial charge in [-0.05, 0) is 29.1 Å². The van der Waals surface area contributed by atoms with E-state index < -0.39 is 23.6 Å². The van der Waals surface area contributed by atoms with Crippen molar-refractivity contribution >= 4 is 11.3 Å². The SMILES string of the molecule is N[C@@H](c1ccc(F)c(C(F)(F)F)c1)c1cccs1. The van der Waals surface area contributed by atoms with Crippen molar-refractivity contribution in [2.75, 3.05) is 0 Å². The summed E-state index contributed by atoms with van der Waals surface area (Å²) in [5.74, 6) is -1.29. The molecule has 0 spiro atoms. The van der Waals surface area contributed by atoms with E-state index in [2.05, 4.69) is 0 Å². The average molecular weight is 275 g/mol. The zero-order chi connectivity index (χ0) is 13.3. The molecule has 0 aliphatic carbocycles. The Kier molecular flexibility index (Phi) is 3.41. The highest BCUT2D eigenvalue weighted by Crippen LogP contribution is 2.34. The molecule has 0 radical (unpaired) electrons. The zero-order valence-corrected chi connectivity index (χ0v) is 9.86. The van der Waals surface area contributed by atoms with Gasteiger partial charge in [0.1, 0.15) is 5.82 Å². The van der Waals surface area contributed by atoms with Crippen LogP contribution in [0.4, 0.5) is 17.6 Å². The molecule has 2 N–H and O–H groups in total. The molecule has 0 aliphatic heterocycles. The number of halogens is 4. The lowest BCUT2D eigenvalue weighted by molar-refractivity contribution is -0.140. The van der Waals surface area contributed by atoms with Gasteiger partial charge in [-0.25, -0.2) is 4.39 Å². The topological polar surface area (TPSA) is 26.0 Å². The van der Waals surface area contributed by atoms with Gasteiger partial charge < -0.3 is 5.73 Å². The quantitative estimate of drug-likeness (QED) is 0.825. The lowest BCUT2D eigenvalue weighted by Gasteiger charge is -2.14. The molecule has 1 aromatic heterocycles. The van der Waals surface area contributed by atoms with Gasteiger partial charge in [-0.2, -0.15) is 13.2 Å². The van der Waals surface area contributed by atoms with Crippen molar-refractivity contribution in [1.82, 2.24) is 0 Å². The van der Waals surface area contributed by atoms with Gasteiger partial charge >= 0.3 is 6.18 Å². The third kappa shape index (κ3) is 2.54. The number of nitrogens with two attached hydrogens (primary N) is 1. The van der Waals surface area contributed by atoms with Gasteiger partial charge in [0.15, 0.2) is 0 Å². The van der Waals surface area contributed by atoms with E-state index in [0.29, 0.717) is 0 Å². The Balaban J connectivity index is 2.42. The van der Waals surface area contributed by atoms with Gasteiger partial charge in [0, 0.05) is 4.88 Å². The number of thiophene rings is 1. The normalized spacial score (nSPS) is 13.6. The fraction of sp³-hybridized carbons (Fsp3) is 0.167. The maximum atomic E-state index is 13.1. The van der Waals surface area contributed by atoms with Crippen molar-refractivity contribution in [3.8, 4) is 0 Å². The molecular weight excluding hydrogens is 266 g/mol. The van der Waals surface area contributed by atoms with E-state index in [0.717, 1.165) is 17.0 Å². The minimum Gasteiger partial charge on any atom is -0.320 e. The van der Waals surface area contributed by atoms with Crippen molar-refractivity contribution in [1.29, 1.82) is 0 Å². The molecule has 1 atom stereocenters. The lowest BCUT2D eigenvalue weighted by atomic mass is 10.0. The molecule has 96 valence electrons. The summed E-state index contributed by atoms with van der Waals surface area (Å²) in [5.41, 5.74) is 4.80. The predicted molar refractivity (Wildman–Crippen MR) is 61.8 cm³/mol. The molecule has 1 aromatic carbocycles. The molecule has 0 fully saturated rings. The van der Waals surface area contributed by atoms with Crippen LogP contribution < -0.4 is 5.73 Å². The Morgan fingerprint density at radius 3 is 2.44 bits per heavy atom. The van der Waals surface area contributed by atoms with Gasteiger partial charge in [-0.3, -0.25) is 0 Å². The number of benzene rings is 1. The minimum atomic E-state index is -4.71. The van der Waals surface area contributed by atoms with E-state index in [1.807, 2.05) is 0 Å². The summed E-state index contributed by atoms with van der Waals surface area (Å²) in [6.45, 7) is 0. The molecule has 0 saturated heterocycles. The Morgan fingerprint density at radius 2 is 1.89 bits per heavy atom.